The van der Waals surface area contributed by atoms with Crippen LogP contribution < -0.4 is 0 Å². The molecule has 0 nitrogen and oxygen atoms in total. The largest absolute Gasteiger partial charge is 0.106 e. The van der Waals surface area contributed by atoms with E-state index in [1.54, 1.807) is 0 Å². The molecule has 0 N–H and O–H groups in total. The van der Waals surface area contributed by atoms with E-state index in [2.05, 4.69) is 39.5 Å². The van der Waals surface area contributed by atoms with Crippen molar-refractivity contribution in [1.29, 1.82) is 0 Å². The van der Waals surface area contributed by atoms with E-state index in [1.807, 2.05) is 6.92 Å². The van der Waals surface area contributed by atoms with E-state index < -0.39 is 0 Å². The maximum absolute atomic E-state index is 3.36. The van der Waals surface area contributed by atoms with Crippen LogP contribution in [0.15, 0.2) is 0 Å². The van der Waals surface area contributed by atoms with Crippen molar-refractivity contribution in [3.05, 3.63) is 0 Å². The Hall–Kier alpha value is -0.440. The van der Waals surface area contributed by atoms with E-state index >= 15 is 0 Å². The Bertz CT molecular complexity index is 180. The number of unbranched alkanes of at least 4 members (excludes halogenated alkanes) is 2. The van der Waals surface area contributed by atoms with Crippen molar-refractivity contribution < 1.29 is 0 Å². The summed E-state index contributed by atoms with van der Waals surface area (Å²) >= 11 is 0. The lowest BCUT2D eigenvalue weighted by atomic mass is 9.82. The molecule has 0 aliphatic heterocycles. The number of hydrogen-bond donors (Lipinski definition) is 0. The monoisotopic (exact) mass is 194 g/mol. The maximum atomic E-state index is 3.36. The van der Waals surface area contributed by atoms with Crippen LogP contribution in [0.5, 0.6) is 0 Å². The molecule has 0 heteroatoms. The van der Waals surface area contributed by atoms with Crippen LogP contribution in [0.2, 0.25) is 0 Å². The summed E-state index contributed by atoms with van der Waals surface area (Å²) in [5.41, 5.74) is 0. The Balaban J connectivity index is 4.00. The molecule has 14 heavy (non-hydrogen) atoms. The van der Waals surface area contributed by atoms with E-state index in [9.17, 15) is 0 Å². The lowest BCUT2D eigenvalue weighted by Gasteiger charge is -2.22. The van der Waals surface area contributed by atoms with Gasteiger partial charge in [0.05, 0.1) is 0 Å². The van der Waals surface area contributed by atoms with Crippen molar-refractivity contribution in [2.24, 2.45) is 17.8 Å². The second-order valence-corrected chi connectivity index (χ2v) is 4.64. The Morgan fingerprint density at radius 3 is 2.14 bits per heavy atom. The van der Waals surface area contributed by atoms with Crippen molar-refractivity contribution in [1.82, 2.24) is 0 Å². The van der Waals surface area contributed by atoms with E-state index in [1.165, 1.54) is 25.7 Å². The van der Waals surface area contributed by atoms with Crippen LogP contribution in [0.4, 0.5) is 0 Å². The van der Waals surface area contributed by atoms with Gasteiger partial charge in [-0.2, -0.15) is 0 Å². The van der Waals surface area contributed by atoms with Crippen LogP contribution in [-0.2, 0) is 0 Å². The van der Waals surface area contributed by atoms with Crippen LogP contribution in [0, 0.1) is 29.6 Å². The van der Waals surface area contributed by atoms with Gasteiger partial charge in [-0.3, -0.25) is 0 Å². The van der Waals surface area contributed by atoms with Crippen molar-refractivity contribution in [3.8, 4) is 11.8 Å². The highest BCUT2D eigenvalue weighted by molar-refractivity contribution is 5.03. The molecule has 0 aliphatic rings. The smallest absolute Gasteiger partial charge is 0.0251 e. The van der Waals surface area contributed by atoms with Gasteiger partial charge in [-0.05, 0) is 25.2 Å². The molecule has 0 heterocycles. The van der Waals surface area contributed by atoms with Gasteiger partial charge in [0.1, 0.15) is 0 Å². The maximum Gasteiger partial charge on any atom is 0.0251 e. The third-order valence-electron chi connectivity index (χ3n) is 2.91. The van der Waals surface area contributed by atoms with Crippen LogP contribution in [-0.4, -0.2) is 0 Å². The van der Waals surface area contributed by atoms with Crippen LogP contribution in [0.3, 0.4) is 0 Å². The minimum Gasteiger partial charge on any atom is -0.106 e. The zero-order valence-corrected chi connectivity index (χ0v) is 10.6. The van der Waals surface area contributed by atoms with Crippen molar-refractivity contribution in [2.45, 2.75) is 60.3 Å². The number of rotatable bonds is 6. The predicted molar refractivity (Wildman–Crippen MR) is 65.1 cm³/mol. The van der Waals surface area contributed by atoms with Gasteiger partial charge in [0.25, 0.3) is 0 Å². The van der Waals surface area contributed by atoms with Crippen molar-refractivity contribution in [3.63, 3.8) is 0 Å². The molecule has 0 aromatic carbocycles. The topological polar surface area (TPSA) is 0 Å². The Morgan fingerprint density at radius 1 is 1.07 bits per heavy atom. The zero-order valence-electron chi connectivity index (χ0n) is 10.6. The molecular weight excluding hydrogens is 168 g/mol. The molecule has 0 radical (unpaired) electrons. The highest BCUT2D eigenvalue weighted by Gasteiger charge is 2.17. The van der Waals surface area contributed by atoms with Gasteiger partial charge in [-0.15, -0.1) is 5.92 Å². The second-order valence-electron chi connectivity index (χ2n) is 4.64. The van der Waals surface area contributed by atoms with Crippen LogP contribution >= 0.6 is 0 Å². The third-order valence-corrected chi connectivity index (χ3v) is 2.91. The highest BCUT2D eigenvalue weighted by Crippen LogP contribution is 2.24. The van der Waals surface area contributed by atoms with Crippen LogP contribution in [0.25, 0.3) is 0 Å². The summed E-state index contributed by atoms with van der Waals surface area (Å²) in [7, 11) is 0. The summed E-state index contributed by atoms with van der Waals surface area (Å²) in [6, 6.07) is 0. The molecule has 0 saturated carbocycles. The molecule has 0 rings (SSSR count). The minimum absolute atomic E-state index is 0.594. The van der Waals surface area contributed by atoms with E-state index in [-0.39, 0.29) is 0 Å². The average molecular weight is 194 g/mol. The molecule has 0 aliphatic carbocycles. The fraction of sp³-hybridized carbons (Fsp3) is 0.857. The highest BCUT2D eigenvalue weighted by atomic mass is 14.2. The second kappa shape index (κ2) is 7.92. The molecule has 0 aromatic heterocycles. The van der Waals surface area contributed by atoms with Crippen molar-refractivity contribution in [2.75, 3.05) is 0 Å². The van der Waals surface area contributed by atoms with Gasteiger partial charge in [0.15, 0.2) is 0 Å². The molecule has 0 aromatic rings. The van der Waals surface area contributed by atoms with Gasteiger partial charge in [0.2, 0.25) is 0 Å². The van der Waals surface area contributed by atoms with E-state index in [4.69, 9.17) is 0 Å². The average Bonchev–Trinajstić information content (AvgIpc) is 2.13. The fourth-order valence-electron chi connectivity index (χ4n) is 2.03. The molecule has 2 unspecified atom stereocenters. The van der Waals surface area contributed by atoms with Gasteiger partial charge >= 0.3 is 0 Å². The van der Waals surface area contributed by atoms with Crippen LogP contribution in [0.1, 0.15) is 60.3 Å². The quantitative estimate of drug-likeness (QED) is 0.431. The standard InChI is InChI=1S/C14H26/c1-6-8-9-11-13(5)14(10-7-2)12(3)4/h12-14H,6,8-9,11H2,1-5H3. The molecular formula is C14H26. The first-order valence-electron chi connectivity index (χ1n) is 6.05. The summed E-state index contributed by atoms with van der Waals surface area (Å²) in [5.74, 6) is 8.48. The SMILES string of the molecule is CC#CC(C(C)C)C(C)CCCCC. The number of hydrogen-bond acceptors (Lipinski definition) is 0. The lowest BCUT2D eigenvalue weighted by Crippen LogP contribution is -2.16. The Labute approximate surface area is 90.5 Å². The normalized spacial score (nSPS) is 14.7. The molecule has 0 amide bonds. The molecule has 0 spiro atoms. The van der Waals surface area contributed by atoms with Gasteiger partial charge in [0, 0.05) is 5.92 Å². The molecule has 82 valence electrons. The molecule has 0 bridgehead atoms. The summed E-state index contributed by atoms with van der Waals surface area (Å²) in [5, 5.41) is 0. The lowest BCUT2D eigenvalue weighted by molar-refractivity contribution is 0.320. The summed E-state index contributed by atoms with van der Waals surface area (Å²) < 4.78 is 0. The first kappa shape index (κ1) is 13.6. The summed E-state index contributed by atoms with van der Waals surface area (Å²) in [4.78, 5) is 0. The predicted octanol–water partition coefficient (Wildman–Crippen LogP) is 4.50. The summed E-state index contributed by atoms with van der Waals surface area (Å²) in [6.45, 7) is 11.1. The van der Waals surface area contributed by atoms with Gasteiger partial charge in [-0.1, -0.05) is 52.9 Å². The van der Waals surface area contributed by atoms with E-state index in [0.717, 1.165) is 5.92 Å². The molecule has 2 atom stereocenters. The first-order valence-corrected chi connectivity index (χ1v) is 6.05. The zero-order chi connectivity index (χ0) is 11.0. The summed E-state index contributed by atoms with van der Waals surface area (Å²) in [6.07, 6.45) is 5.39. The fourth-order valence-corrected chi connectivity index (χ4v) is 2.03. The van der Waals surface area contributed by atoms with E-state index in [0.29, 0.717) is 11.8 Å². The Kier molecular flexibility index (Phi) is 7.67. The molecule has 0 fully saturated rings. The van der Waals surface area contributed by atoms with Crippen molar-refractivity contribution >= 4 is 0 Å². The minimum atomic E-state index is 0.594. The first-order chi connectivity index (χ1) is 6.63. The van der Waals surface area contributed by atoms with Gasteiger partial charge < -0.3 is 0 Å². The van der Waals surface area contributed by atoms with Gasteiger partial charge in [-0.25, -0.2) is 0 Å². The Morgan fingerprint density at radius 2 is 1.71 bits per heavy atom. The molecule has 0 saturated heterocycles. The third kappa shape index (κ3) is 5.32.